The second kappa shape index (κ2) is 4.28. The van der Waals surface area contributed by atoms with Gasteiger partial charge in [-0.05, 0) is 30.2 Å². The Labute approximate surface area is 110 Å². The molecule has 1 aliphatic heterocycles. The minimum absolute atomic E-state index is 0.0525. The van der Waals surface area contributed by atoms with Crippen LogP contribution in [0.3, 0.4) is 0 Å². The molecular formula is C14H13N3O2. The van der Waals surface area contributed by atoms with Gasteiger partial charge in [0, 0.05) is 24.0 Å². The van der Waals surface area contributed by atoms with Gasteiger partial charge in [-0.25, -0.2) is 0 Å². The summed E-state index contributed by atoms with van der Waals surface area (Å²) < 4.78 is 0. The normalized spacial score (nSPS) is 13.4. The molecule has 96 valence electrons. The lowest BCUT2D eigenvalue weighted by Gasteiger charge is -2.19. The Kier molecular flexibility index (Phi) is 2.59. The second-order valence-electron chi connectivity index (χ2n) is 4.54. The summed E-state index contributed by atoms with van der Waals surface area (Å²) in [5.74, 6) is 0. The number of para-hydroxylation sites is 1. The number of nitrogen functional groups attached to an aromatic ring is 1. The second-order valence-corrected chi connectivity index (χ2v) is 4.54. The molecule has 19 heavy (non-hydrogen) atoms. The molecule has 1 heterocycles. The van der Waals surface area contributed by atoms with Gasteiger partial charge in [-0.1, -0.05) is 18.2 Å². The van der Waals surface area contributed by atoms with Crippen molar-refractivity contribution in [2.45, 2.75) is 6.42 Å². The first-order valence-electron chi connectivity index (χ1n) is 6.06. The number of hydrogen-bond acceptors (Lipinski definition) is 4. The number of benzene rings is 2. The zero-order valence-electron chi connectivity index (χ0n) is 10.2. The first-order chi connectivity index (χ1) is 9.16. The van der Waals surface area contributed by atoms with E-state index in [2.05, 4.69) is 6.07 Å². The lowest BCUT2D eigenvalue weighted by atomic mass is 10.1. The summed E-state index contributed by atoms with van der Waals surface area (Å²) in [5.41, 5.74) is 8.95. The fraction of sp³-hybridized carbons (Fsp3) is 0.143. The first-order valence-corrected chi connectivity index (χ1v) is 6.06. The third kappa shape index (κ3) is 1.89. The van der Waals surface area contributed by atoms with Gasteiger partial charge in [0.15, 0.2) is 0 Å². The number of hydrogen-bond donors (Lipinski definition) is 1. The van der Waals surface area contributed by atoms with E-state index in [-0.39, 0.29) is 10.6 Å². The largest absolute Gasteiger partial charge is 0.399 e. The van der Waals surface area contributed by atoms with Crippen LogP contribution in [0, 0.1) is 10.1 Å². The summed E-state index contributed by atoms with van der Waals surface area (Å²) in [4.78, 5) is 12.8. The van der Waals surface area contributed by atoms with E-state index in [1.807, 2.05) is 23.1 Å². The molecule has 5 nitrogen and oxygen atoms in total. The van der Waals surface area contributed by atoms with Gasteiger partial charge < -0.3 is 10.6 Å². The Morgan fingerprint density at radius 2 is 1.95 bits per heavy atom. The predicted octanol–water partition coefficient (Wildman–Crippen LogP) is 2.87. The van der Waals surface area contributed by atoms with E-state index >= 15 is 0 Å². The highest BCUT2D eigenvalue weighted by Crippen LogP contribution is 2.39. The summed E-state index contributed by atoms with van der Waals surface area (Å²) in [6, 6.07) is 12.8. The van der Waals surface area contributed by atoms with Crippen molar-refractivity contribution in [3.05, 3.63) is 58.1 Å². The molecule has 0 fully saturated rings. The van der Waals surface area contributed by atoms with Crippen LogP contribution in [0.4, 0.5) is 22.7 Å². The smallest absolute Gasteiger partial charge is 0.294 e. The molecule has 0 amide bonds. The van der Waals surface area contributed by atoms with Crippen LogP contribution in [0.15, 0.2) is 42.5 Å². The van der Waals surface area contributed by atoms with Crippen LogP contribution < -0.4 is 10.6 Å². The van der Waals surface area contributed by atoms with Crippen LogP contribution in [0.5, 0.6) is 0 Å². The number of nitrogens with two attached hydrogens (primary N) is 1. The molecule has 3 rings (SSSR count). The Morgan fingerprint density at radius 3 is 2.74 bits per heavy atom. The number of nitrogens with zero attached hydrogens (tertiary/aromatic N) is 2. The minimum atomic E-state index is -0.382. The third-order valence-corrected chi connectivity index (χ3v) is 3.37. The Balaban J connectivity index is 2.12. The SMILES string of the molecule is Nc1ccc(N2CCc3ccccc32)c([N+](=O)[O-])c1. The van der Waals surface area contributed by atoms with Gasteiger partial charge in [0.2, 0.25) is 0 Å². The maximum absolute atomic E-state index is 11.2. The van der Waals surface area contributed by atoms with Crippen molar-refractivity contribution in [1.29, 1.82) is 0 Å². The van der Waals surface area contributed by atoms with Crippen LogP contribution in [0.25, 0.3) is 0 Å². The highest BCUT2D eigenvalue weighted by molar-refractivity contribution is 5.77. The number of anilines is 3. The molecule has 0 saturated carbocycles. The molecule has 0 unspecified atom stereocenters. The number of fused-ring (bicyclic) bond motifs is 1. The average Bonchev–Trinajstić information content (AvgIpc) is 2.82. The van der Waals surface area contributed by atoms with E-state index in [1.165, 1.54) is 11.6 Å². The summed E-state index contributed by atoms with van der Waals surface area (Å²) in [6.07, 6.45) is 0.901. The quantitative estimate of drug-likeness (QED) is 0.508. The van der Waals surface area contributed by atoms with E-state index in [0.29, 0.717) is 11.4 Å². The minimum Gasteiger partial charge on any atom is -0.399 e. The third-order valence-electron chi connectivity index (χ3n) is 3.37. The van der Waals surface area contributed by atoms with Gasteiger partial charge in [0.05, 0.1) is 4.92 Å². The van der Waals surface area contributed by atoms with E-state index in [9.17, 15) is 10.1 Å². The monoisotopic (exact) mass is 255 g/mol. The zero-order chi connectivity index (χ0) is 13.4. The fourth-order valence-corrected chi connectivity index (χ4v) is 2.50. The molecule has 0 aliphatic carbocycles. The van der Waals surface area contributed by atoms with E-state index in [1.54, 1.807) is 12.1 Å². The standard InChI is InChI=1S/C14H13N3O2/c15-11-5-6-13(14(9-11)17(18)19)16-8-7-10-3-1-2-4-12(10)16/h1-6,9H,7-8,15H2. The fourth-order valence-electron chi connectivity index (χ4n) is 2.50. The van der Waals surface area contributed by atoms with Crippen molar-refractivity contribution < 1.29 is 4.92 Å². The molecule has 0 bridgehead atoms. The molecule has 0 radical (unpaired) electrons. The molecule has 2 N–H and O–H groups in total. The molecule has 0 spiro atoms. The van der Waals surface area contributed by atoms with Crippen LogP contribution in [-0.2, 0) is 6.42 Å². The van der Waals surface area contributed by atoms with Crippen LogP contribution in [-0.4, -0.2) is 11.5 Å². The lowest BCUT2D eigenvalue weighted by molar-refractivity contribution is -0.384. The zero-order valence-corrected chi connectivity index (χ0v) is 10.2. The van der Waals surface area contributed by atoms with Gasteiger partial charge in [-0.15, -0.1) is 0 Å². The lowest BCUT2D eigenvalue weighted by Crippen LogP contribution is -2.15. The summed E-state index contributed by atoms with van der Waals surface area (Å²) in [7, 11) is 0. The van der Waals surface area contributed by atoms with Gasteiger partial charge in [0.1, 0.15) is 5.69 Å². The van der Waals surface area contributed by atoms with E-state index in [0.717, 1.165) is 18.7 Å². The molecule has 5 heteroatoms. The van der Waals surface area contributed by atoms with Crippen molar-refractivity contribution in [1.82, 2.24) is 0 Å². The van der Waals surface area contributed by atoms with Gasteiger partial charge in [-0.3, -0.25) is 10.1 Å². The van der Waals surface area contributed by atoms with Crippen molar-refractivity contribution >= 4 is 22.7 Å². The molecule has 0 atom stereocenters. The average molecular weight is 255 g/mol. The molecule has 0 saturated heterocycles. The molecule has 1 aliphatic rings. The Morgan fingerprint density at radius 1 is 1.16 bits per heavy atom. The maximum atomic E-state index is 11.2. The van der Waals surface area contributed by atoms with Gasteiger partial charge in [0.25, 0.3) is 5.69 Å². The van der Waals surface area contributed by atoms with E-state index < -0.39 is 0 Å². The summed E-state index contributed by atoms with van der Waals surface area (Å²) in [5, 5.41) is 11.2. The van der Waals surface area contributed by atoms with Crippen molar-refractivity contribution in [3.63, 3.8) is 0 Å². The highest BCUT2D eigenvalue weighted by Gasteiger charge is 2.26. The van der Waals surface area contributed by atoms with Crippen molar-refractivity contribution in [3.8, 4) is 0 Å². The predicted molar refractivity (Wildman–Crippen MR) is 74.7 cm³/mol. The molecule has 2 aromatic rings. The number of nitro benzene ring substituents is 1. The van der Waals surface area contributed by atoms with Crippen molar-refractivity contribution in [2.24, 2.45) is 0 Å². The van der Waals surface area contributed by atoms with Crippen LogP contribution in [0.1, 0.15) is 5.56 Å². The van der Waals surface area contributed by atoms with Crippen LogP contribution >= 0.6 is 0 Å². The number of nitro groups is 1. The van der Waals surface area contributed by atoms with Gasteiger partial charge >= 0.3 is 0 Å². The topological polar surface area (TPSA) is 72.4 Å². The van der Waals surface area contributed by atoms with E-state index in [4.69, 9.17) is 5.73 Å². The maximum Gasteiger partial charge on any atom is 0.294 e. The van der Waals surface area contributed by atoms with Gasteiger partial charge in [-0.2, -0.15) is 0 Å². The summed E-state index contributed by atoms with van der Waals surface area (Å²) in [6.45, 7) is 0.754. The Bertz CT molecular complexity index is 655. The van der Waals surface area contributed by atoms with Crippen molar-refractivity contribution in [2.75, 3.05) is 17.2 Å². The Hall–Kier alpha value is -2.56. The first kappa shape index (κ1) is 11.5. The molecule has 0 aromatic heterocycles. The molecular weight excluding hydrogens is 242 g/mol. The highest BCUT2D eigenvalue weighted by atomic mass is 16.6. The summed E-state index contributed by atoms with van der Waals surface area (Å²) >= 11 is 0. The number of rotatable bonds is 2. The molecule has 2 aromatic carbocycles. The van der Waals surface area contributed by atoms with Crippen LogP contribution in [0.2, 0.25) is 0 Å².